The van der Waals surface area contributed by atoms with E-state index in [0.29, 0.717) is 28.8 Å². The molecule has 141 heavy (non-hydrogen) atoms. The maximum absolute atomic E-state index is 14.9. The Balaban J connectivity index is 0.000000130. The zero-order valence-corrected chi connectivity index (χ0v) is 84.3. The Morgan fingerprint density at radius 1 is 0.369 bits per heavy atom. The van der Waals surface area contributed by atoms with Crippen molar-refractivity contribution in [2.24, 2.45) is 0 Å². The summed E-state index contributed by atoms with van der Waals surface area (Å²) in [5.74, 6) is -4.19. The molecule has 0 bridgehead atoms. The van der Waals surface area contributed by atoms with Gasteiger partial charge in [-0.25, -0.2) is 70.0 Å². The second-order valence-corrected chi connectivity index (χ2v) is 45.6. The molecule has 1 aliphatic carbocycles. The van der Waals surface area contributed by atoms with Crippen LogP contribution in [0.3, 0.4) is 0 Å². The number of sulfone groups is 4. The summed E-state index contributed by atoms with van der Waals surface area (Å²) in [5, 5.41) is 32.9. The number of halogens is 9. The van der Waals surface area contributed by atoms with Crippen molar-refractivity contribution in [2.45, 2.75) is 108 Å². The lowest BCUT2D eigenvalue weighted by Gasteiger charge is -2.43. The maximum atomic E-state index is 14.9. The van der Waals surface area contributed by atoms with Gasteiger partial charge < -0.3 is 32.4 Å². The second kappa shape index (κ2) is 42.6. The van der Waals surface area contributed by atoms with Gasteiger partial charge in [0.2, 0.25) is 0 Å². The molecule has 0 unspecified atom stereocenters. The first-order valence-electron chi connectivity index (χ1n) is 44.6. The summed E-state index contributed by atoms with van der Waals surface area (Å²) in [6.45, 7) is 22.9. The molecule has 8 aromatic heterocycles. The highest BCUT2D eigenvalue weighted by atomic mass is 79.9. The van der Waals surface area contributed by atoms with Crippen LogP contribution in [0.4, 0.5) is 34.6 Å². The SMILES string of the molecule is CC(C)(C)N1CCN(c2cccc(-c3cn(-c4c(F)ccc(CS(=O)(=O)c5ccoc5)c4Cl)nn3)c2)CC1.CC(C)N1CCN(c2cccc(-c3cn(-c4c(F)ccc(CS(=O)(=O)c5ccoc5)c4Cl)nn3)c2)CC1.O=S(=O)(Cc1ccc(F)c(-n2cc(-c3cccc(Br)c3)nn2)c1Cl)c1ccoc1.O=S(=O)(Cc1ccc(F)c(-n2cc(-c3cccc(N4CCN(C5CC5)CC4)c3)nn2)c1Cl)c1ccoc1. The normalized spacial score (nSPS) is 14.9. The summed E-state index contributed by atoms with van der Waals surface area (Å²) in [7, 11) is -14.9. The van der Waals surface area contributed by atoms with Gasteiger partial charge in [0, 0.05) is 140 Å². The fourth-order valence-corrected chi connectivity index (χ4v) is 23.7. The molecule has 1 saturated carbocycles. The average Bonchev–Trinajstić information content (AvgIpc) is 1.78. The van der Waals surface area contributed by atoms with Gasteiger partial charge in [-0.05, 0) is 167 Å². The monoisotopic (exact) mass is 2140 g/mol. The first-order valence-corrected chi connectivity index (χ1v) is 53.5. The summed E-state index contributed by atoms with van der Waals surface area (Å²) in [6, 6.07) is 48.3. The fraction of sp³-hybridized carbons (Fsp3) is 0.265. The molecule has 0 spiro atoms. The lowest BCUT2D eigenvalue weighted by molar-refractivity contribution is 0.128. The van der Waals surface area contributed by atoms with E-state index in [-0.39, 0.29) is 90.2 Å². The van der Waals surface area contributed by atoms with Crippen LogP contribution in [0.15, 0.2) is 286 Å². The lowest BCUT2D eigenvalue weighted by Crippen LogP contribution is -2.53. The molecule has 4 aliphatic rings. The molecule has 16 aromatic rings. The van der Waals surface area contributed by atoms with E-state index in [4.69, 9.17) is 64.1 Å². The minimum absolute atomic E-state index is 0.0251. The topological polar surface area (TPSA) is 331 Å². The molecule has 0 radical (unpaired) electrons. The number of hydrogen-bond acceptors (Lipinski definition) is 26. The molecule has 0 amide bonds. The van der Waals surface area contributed by atoms with Crippen LogP contribution in [-0.2, 0) is 62.4 Å². The minimum atomic E-state index is -3.72. The number of furan rings is 4. The molecule has 30 nitrogen and oxygen atoms in total. The van der Waals surface area contributed by atoms with Gasteiger partial charge in [-0.3, -0.25) is 14.7 Å². The third-order valence-electron chi connectivity index (χ3n) is 24.6. The van der Waals surface area contributed by atoms with E-state index in [1.165, 1.54) is 130 Å². The smallest absolute Gasteiger partial charge is 0.185 e. The van der Waals surface area contributed by atoms with Gasteiger partial charge in [-0.15, -0.1) is 20.4 Å². The van der Waals surface area contributed by atoms with Crippen LogP contribution < -0.4 is 14.7 Å². The number of piperazine rings is 3. The molecule has 0 N–H and O–H groups in total. The Labute approximate surface area is 839 Å². The van der Waals surface area contributed by atoms with Crippen LogP contribution in [0.5, 0.6) is 0 Å². The van der Waals surface area contributed by atoms with Crippen LogP contribution in [0.25, 0.3) is 67.8 Å². The van der Waals surface area contributed by atoms with Crippen molar-refractivity contribution in [1.29, 1.82) is 0 Å². The van der Waals surface area contributed by atoms with E-state index in [9.17, 15) is 51.2 Å². The van der Waals surface area contributed by atoms with Crippen molar-refractivity contribution in [3.05, 3.63) is 315 Å². The van der Waals surface area contributed by atoms with Gasteiger partial charge in [0.15, 0.2) is 39.3 Å². The molecule has 43 heteroatoms. The summed E-state index contributed by atoms with van der Waals surface area (Å²) in [5.41, 5.74) is 9.66. The van der Waals surface area contributed by atoms with Crippen molar-refractivity contribution in [3.8, 4) is 67.8 Å². The molecule has 8 aromatic carbocycles. The molecule has 3 aliphatic heterocycles. The van der Waals surface area contributed by atoms with Crippen LogP contribution in [0.1, 0.15) is 69.7 Å². The Hall–Kier alpha value is -12.1. The zero-order chi connectivity index (χ0) is 99.4. The Kier molecular flexibility index (Phi) is 30.3. The van der Waals surface area contributed by atoms with Crippen molar-refractivity contribution < 1.29 is 68.9 Å². The second-order valence-electron chi connectivity index (χ2n) is 35.2. The quantitative estimate of drug-likeness (QED) is 0.0480. The standard InChI is InChI=1S/C27H29ClFN5O3S.C26H25ClFN5O3S.C26H27ClFN5O3S.C19H12BrClFN3O3S/c1-27(2,3)33-12-10-32(11-13-33)21-6-4-5-19(15-21)24-16-34(31-30-24)26-23(29)8-7-20(25(26)28)18-38(35,36)22-9-14-37-17-22;27-25-19(17-37(34,35)22-8-13-36-16-22)4-7-23(28)26(25)33-15-24(29-30-33)18-2-1-3-21(14-18)32-11-9-31(10-12-32)20-5-6-20;1-18(2)31-9-11-32(12-10-31)21-5-3-4-19(14-21)24-15-33(30-29-24)26-23(28)7-6-20(25(26)27)17-37(34,35)22-8-13-36-16-22;20-14-3-1-2-12(8-14)17-9-25(24-23-17)19-16(22)5-4-13(18(19)21)11-29(26,27)15-6-7-28-10-15/h4-9,14-17H,10-13,18H2,1-3H3;1-4,7-8,13-16,20H,5-6,9-12,17H2;3-8,13-16,18H,9-12,17H2,1-2H3;1-10H,11H2. The minimum Gasteiger partial charge on any atom is -0.471 e. The summed E-state index contributed by atoms with van der Waals surface area (Å²) < 4.78 is 186. The van der Waals surface area contributed by atoms with Crippen LogP contribution in [0, 0.1) is 23.3 Å². The molecule has 11 heterocycles. The number of aromatic nitrogens is 12. The fourth-order valence-electron chi connectivity index (χ4n) is 16.7. The highest BCUT2D eigenvalue weighted by Gasteiger charge is 2.34. The first-order chi connectivity index (χ1) is 67.5. The highest BCUT2D eigenvalue weighted by Crippen LogP contribution is 2.40. The number of rotatable bonds is 25. The predicted octanol–water partition coefficient (Wildman–Crippen LogP) is 19.7. The van der Waals surface area contributed by atoms with E-state index in [2.05, 4.69) is 145 Å². The molecule has 734 valence electrons. The molecular weight excluding hydrogens is 2050 g/mol. The third kappa shape index (κ3) is 23.3. The maximum Gasteiger partial charge on any atom is 0.185 e. The number of nitrogens with zero attached hydrogens (tertiary/aromatic N) is 18. The van der Waals surface area contributed by atoms with E-state index >= 15 is 0 Å². The van der Waals surface area contributed by atoms with Gasteiger partial charge in [0.25, 0.3) is 0 Å². The molecule has 3 saturated heterocycles. The third-order valence-corrected chi connectivity index (χ3v) is 33.3. The Bertz CT molecular complexity index is 7420. The lowest BCUT2D eigenvalue weighted by atomic mass is 10.0. The molecular formula is C98H93BrCl4F4N18O12S4. The Morgan fingerprint density at radius 2 is 0.645 bits per heavy atom. The van der Waals surface area contributed by atoms with E-state index in [1.807, 2.05) is 72.8 Å². The van der Waals surface area contributed by atoms with Gasteiger partial charge in [0.05, 0.1) is 92.9 Å². The van der Waals surface area contributed by atoms with Crippen molar-refractivity contribution in [3.63, 3.8) is 0 Å². The summed E-state index contributed by atoms with van der Waals surface area (Å²) in [4.78, 5) is 14.7. The summed E-state index contributed by atoms with van der Waals surface area (Å²) in [6.07, 6.45) is 18.6. The zero-order valence-electron chi connectivity index (χ0n) is 76.5. The average molecular weight is 2140 g/mol. The first kappa shape index (κ1) is 100. The Morgan fingerprint density at radius 3 is 0.908 bits per heavy atom. The number of hydrogen-bond donors (Lipinski definition) is 0. The van der Waals surface area contributed by atoms with Crippen LogP contribution >= 0.6 is 62.3 Å². The largest absolute Gasteiger partial charge is 0.471 e. The van der Waals surface area contributed by atoms with Crippen LogP contribution in [0.2, 0.25) is 20.1 Å². The van der Waals surface area contributed by atoms with Crippen molar-refractivity contribution in [1.82, 2.24) is 74.7 Å². The molecule has 20 rings (SSSR count). The number of benzene rings is 8. The molecule has 4 fully saturated rings. The van der Waals surface area contributed by atoms with Gasteiger partial charge >= 0.3 is 0 Å². The van der Waals surface area contributed by atoms with Crippen molar-refractivity contribution in [2.75, 3.05) is 93.2 Å². The van der Waals surface area contributed by atoms with E-state index in [1.54, 1.807) is 18.6 Å². The van der Waals surface area contributed by atoms with Gasteiger partial charge in [0.1, 0.15) is 113 Å². The van der Waals surface area contributed by atoms with Gasteiger partial charge in [-0.2, -0.15) is 0 Å². The number of anilines is 3. The van der Waals surface area contributed by atoms with Crippen molar-refractivity contribution >= 4 is 119 Å². The molecule has 0 atom stereocenters. The summed E-state index contributed by atoms with van der Waals surface area (Å²) >= 11 is 29.3. The van der Waals surface area contributed by atoms with Gasteiger partial charge in [-0.1, -0.05) is 156 Å². The highest BCUT2D eigenvalue weighted by molar-refractivity contribution is 9.10. The van der Waals surface area contributed by atoms with Crippen LogP contribution in [-0.4, -0.2) is 205 Å². The predicted molar refractivity (Wildman–Crippen MR) is 532 cm³/mol. The van der Waals surface area contributed by atoms with E-state index < -0.39 is 85.6 Å². The van der Waals surface area contributed by atoms with E-state index in [0.717, 1.165) is 159 Å².